The van der Waals surface area contributed by atoms with Crippen LogP contribution in [-0.4, -0.2) is 90.1 Å². The highest BCUT2D eigenvalue weighted by Crippen LogP contribution is 2.41. The minimum absolute atomic E-state index is 0.257. The SMILES string of the molecule is COc1cc(N2CCC(N(C)C)CC2)c2cc1Nc1ncc(Cl)c(n1)Nc1ccc(cc1N(C)S(C)(=O)=O)OCCCCCO2. The number of nitrogens with zero attached hydrogens (tertiary/aromatic N) is 5. The van der Waals surface area contributed by atoms with Gasteiger partial charge in [0.15, 0.2) is 5.82 Å². The molecule has 1 aromatic heterocycles. The van der Waals surface area contributed by atoms with E-state index in [1.165, 1.54) is 17.5 Å². The highest BCUT2D eigenvalue weighted by Gasteiger charge is 2.25. The number of piperidine rings is 1. The van der Waals surface area contributed by atoms with Gasteiger partial charge >= 0.3 is 0 Å². The fourth-order valence-electron chi connectivity index (χ4n) is 5.46. The first-order valence-corrected chi connectivity index (χ1v) is 17.3. The van der Waals surface area contributed by atoms with Crippen LogP contribution in [0, 0.1) is 0 Å². The molecule has 1 fully saturated rings. The minimum Gasteiger partial charge on any atom is -0.494 e. The van der Waals surface area contributed by atoms with Gasteiger partial charge < -0.3 is 34.6 Å². The maximum atomic E-state index is 12.5. The molecule has 1 saturated heterocycles. The summed E-state index contributed by atoms with van der Waals surface area (Å²) in [7, 11) is 3.82. The molecule has 14 heteroatoms. The van der Waals surface area contributed by atoms with E-state index in [-0.39, 0.29) is 11.0 Å². The van der Waals surface area contributed by atoms with Gasteiger partial charge in [-0.05, 0) is 58.3 Å². The summed E-state index contributed by atoms with van der Waals surface area (Å²) in [6, 6.07) is 9.71. The molecule has 0 amide bonds. The maximum Gasteiger partial charge on any atom is 0.232 e. The van der Waals surface area contributed by atoms with Crippen LogP contribution in [0.5, 0.6) is 17.2 Å². The molecule has 6 rings (SSSR count). The van der Waals surface area contributed by atoms with Crippen LogP contribution in [-0.2, 0) is 10.0 Å². The number of nitrogens with one attached hydrogen (secondary N) is 2. The van der Waals surface area contributed by atoms with Gasteiger partial charge in [0.05, 0.1) is 55.5 Å². The number of methoxy groups -OCH3 is 1. The highest BCUT2D eigenvalue weighted by atomic mass is 35.5. The summed E-state index contributed by atoms with van der Waals surface area (Å²) in [5.74, 6) is 2.49. The lowest BCUT2D eigenvalue weighted by atomic mass is 10.0. The second kappa shape index (κ2) is 14.2. The number of rotatable bonds is 5. The van der Waals surface area contributed by atoms with Crippen molar-refractivity contribution < 1.29 is 22.6 Å². The van der Waals surface area contributed by atoms with Gasteiger partial charge in [-0.25, -0.2) is 13.4 Å². The molecule has 45 heavy (non-hydrogen) atoms. The molecule has 4 heterocycles. The van der Waals surface area contributed by atoms with Crippen molar-refractivity contribution in [3.63, 3.8) is 0 Å². The lowest BCUT2D eigenvalue weighted by molar-refractivity contribution is 0.248. The van der Waals surface area contributed by atoms with E-state index in [4.69, 9.17) is 25.8 Å². The molecule has 2 aromatic carbocycles. The molecule has 3 aromatic rings. The Morgan fingerprint density at radius 1 is 1.00 bits per heavy atom. The average Bonchev–Trinajstić information content (AvgIpc) is 3.01. The van der Waals surface area contributed by atoms with Crippen molar-refractivity contribution in [2.45, 2.75) is 38.1 Å². The van der Waals surface area contributed by atoms with Gasteiger partial charge in [-0.2, -0.15) is 4.98 Å². The molecule has 0 atom stereocenters. The Balaban J connectivity index is 1.51. The van der Waals surface area contributed by atoms with Crippen LogP contribution in [0.4, 0.5) is 34.5 Å². The zero-order chi connectivity index (χ0) is 32.1. The monoisotopic (exact) mass is 659 g/mol. The van der Waals surface area contributed by atoms with Gasteiger partial charge in [-0.3, -0.25) is 4.31 Å². The molecule has 6 bridgehead atoms. The number of benzene rings is 2. The quantitative estimate of drug-likeness (QED) is 0.361. The summed E-state index contributed by atoms with van der Waals surface area (Å²) >= 11 is 6.51. The van der Waals surface area contributed by atoms with E-state index in [1.807, 2.05) is 12.1 Å². The Bertz CT molecular complexity index is 1600. The molecule has 0 radical (unpaired) electrons. The molecule has 0 saturated carbocycles. The van der Waals surface area contributed by atoms with Crippen molar-refractivity contribution in [3.8, 4) is 17.2 Å². The van der Waals surface area contributed by atoms with Crippen molar-refractivity contribution in [1.82, 2.24) is 14.9 Å². The van der Waals surface area contributed by atoms with E-state index in [9.17, 15) is 8.42 Å². The molecule has 244 valence electrons. The summed E-state index contributed by atoms with van der Waals surface area (Å²) < 4.78 is 44.4. The van der Waals surface area contributed by atoms with Crippen molar-refractivity contribution >= 4 is 56.1 Å². The Morgan fingerprint density at radius 3 is 2.42 bits per heavy atom. The Kier molecular flexibility index (Phi) is 10.3. The van der Waals surface area contributed by atoms with E-state index >= 15 is 0 Å². The van der Waals surface area contributed by atoms with E-state index in [0.29, 0.717) is 53.6 Å². The zero-order valence-corrected chi connectivity index (χ0v) is 28.0. The third-order valence-corrected chi connectivity index (χ3v) is 9.65. The van der Waals surface area contributed by atoms with E-state index < -0.39 is 10.0 Å². The molecule has 3 aliphatic heterocycles. The van der Waals surface area contributed by atoms with Crippen LogP contribution in [0.3, 0.4) is 0 Å². The van der Waals surface area contributed by atoms with Gasteiger partial charge in [0, 0.05) is 44.4 Å². The number of anilines is 6. The van der Waals surface area contributed by atoms with Gasteiger partial charge in [0.25, 0.3) is 0 Å². The second-order valence-corrected chi connectivity index (χ2v) is 13.9. The number of hydrogen-bond donors (Lipinski definition) is 2. The Labute approximate surface area is 270 Å². The van der Waals surface area contributed by atoms with Crippen LogP contribution in [0.2, 0.25) is 5.02 Å². The maximum absolute atomic E-state index is 12.5. The van der Waals surface area contributed by atoms with Gasteiger partial charge in [-0.1, -0.05) is 11.6 Å². The molecule has 3 aliphatic rings. The largest absolute Gasteiger partial charge is 0.494 e. The first-order valence-electron chi connectivity index (χ1n) is 15.1. The van der Waals surface area contributed by atoms with E-state index in [0.717, 1.165) is 62.9 Å². The highest BCUT2D eigenvalue weighted by molar-refractivity contribution is 7.92. The summed E-state index contributed by atoms with van der Waals surface area (Å²) in [6.07, 6.45) is 7.31. The van der Waals surface area contributed by atoms with Crippen molar-refractivity contribution in [2.24, 2.45) is 0 Å². The van der Waals surface area contributed by atoms with Crippen LogP contribution in [0.1, 0.15) is 32.1 Å². The van der Waals surface area contributed by atoms with Gasteiger partial charge in [0.1, 0.15) is 22.3 Å². The third kappa shape index (κ3) is 7.95. The zero-order valence-electron chi connectivity index (χ0n) is 26.5. The molecule has 2 N–H and O–H groups in total. The first-order chi connectivity index (χ1) is 21.5. The normalized spacial score (nSPS) is 16.4. The number of fused-ring (bicyclic) bond motifs is 8. The fourth-order valence-corrected chi connectivity index (χ4v) is 6.11. The minimum atomic E-state index is -3.57. The average molecular weight is 660 g/mol. The van der Waals surface area contributed by atoms with Crippen molar-refractivity contribution in [3.05, 3.63) is 41.6 Å². The van der Waals surface area contributed by atoms with Crippen molar-refractivity contribution in [2.75, 3.05) is 80.7 Å². The molecule has 12 nitrogen and oxygen atoms in total. The number of sulfonamides is 1. The number of aromatic nitrogens is 2. The Hall–Kier alpha value is -3.68. The van der Waals surface area contributed by atoms with Crippen LogP contribution in [0.15, 0.2) is 36.5 Å². The first kappa shape index (κ1) is 32.7. The predicted octanol–water partition coefficient (Wildman–Crippen LogP) is 5.49. The van der Waals surface area contributed by atoms with Gasteiger partial charge in [0.2, 0.25) is 16.0 Å². The molecule has 0 unspecified atom stereocenters. The number of hydrogen-bond acceptors (Lipinski definition) is 11. The lowest BCUT2D eigenvalue weighted by Gasteiger charge is -2.37. The molecule has 0 aliphatic carbocycles. The van der Waals surface area contributed by atoms with E-state index in [2.05, 4.69) is 44.5 Å². The lowest BCUT2D eigenvalue weighted by Crippen LogP contribution is -2.42. The molecular formula is C31H42ClN7O5S. The fraction of sp³-hybridized carbons (Fsp3) is 0.484. The number of ether oxygens (including phenoxy) is 3. The van der Waals surface area contributed by atoms with Crippen LogP contribution in [0.25, 0.3) is 0 Å². The standard InChI is InChI=1S/C31H42ClN7O5S/c1-37(2)21-11-13-39(14-12-21)27-19-28(42-4)25-18-29(27)44-16-8-6-7-15-43-22-9-10-24(26(17-22)38(3)45(5,40)41)34-30-23(32)20-33-31(35-25)36-30/h9-10,17-21H,6-8,11-16H2,1-5H3,(H2,33,34,35,36). The topological polar surface area (TPSA) is 121 Å². The van der Waals surface area contributed by atoms with Crippen LogP contribution >= 0.6 is 11.6 Å². The van der Waals surface area contributed by atoms with Crippen molar-refractivity contribution in [1.29, 1.82) is 0 Å². The number of halogens is 1. The molecule has 0 spiro atoms. The third-order valence-electron chi connectivity index (χ3n) is 8.18. The summed E-state index contributed by atoms with van der Waals surface area (Å²) in [6.45, 7) is 2.85. The smallest absolute Gasteiger partial charge is 0.232 e. The van der Waals surface area contributed by atoms with Crippen LogP contribution < -0.4 is 34.0 Å². The summed E-state index contributed by atoms with van der Waals surface area (Å²) in [4.78, 5) is 13.7. The second-order valence-electron chi connectivity index (χ2n) is 11.5. The van der Waals surface area contributed by atoms with E-state index in [1.54, 1.807) is 25.3 Å². The Morgan fingerprint density at radius 2 is 1.73 bits per heavy atom. The summed E-state index contributed by atoms with van der Waals surface area (Å²) in [5.41, 5.74) is 2.51. The molecular weight excluding hydrogens is 618 g/mol. The summed E-state index contributed by atoms with van der Waals surface area (Å²) in [5, 5.41) is 6.72. The predicted molar refractivity (Wildman–Crippen MR) is 180 cm³/mol. The van der Waals surface area contributed by atoms with Gasteiger partial charge in [-0.15, -0.1) is 0 Å².